The van der Waals surface area contributed by atoms with Crippen LogP contribution in [0, 0.1) is 11.2 Å². The number of fused-ring (bicyclic) bond motifs is 1. The zero-order valence-corrected chi connectivity index (χ0v) is 9.94. The van der Waals surface area contributed by atoms with Crippen molar-refractivity contribution in [1.82, 2.24) is 14.6 Å². The Balaban J connectivity index is 2.08. The molecule has 0 aromatic carbocycles. The minimum Gasteiger partial charge on any atom is -0.367 e. The Bertz CT molecular complexity index is 579. The Hall–Kier alpha value is -1.65. The fourth-order valence-electron chi connectivity index (χ4n) is 2.76. The van der Waals surface area contributed by atoms with Crippen LogP contribution in [-0.2, 0) is 0 Å². The molecule has 2 N–H and O–H groups in total. The van der Waals surface area contributed by atoms with Crippen LogP contribution in [0.2, 0.25) is 0 Å². The summed E-state index contributed by atoms with van der Waals surface area (Å²) in [4.78, 5) is 3.82. The number of aromatic nitrogens is 3. The number of nitrogens with two attached hydrogens (primary N) is 1. The van der Waals surface area contributed by atoms with E-state index in [2.05, 4.69) is 23.9 Å². The van der Waals surface area contributed by atoms with E-state index in [0.717, 1.165) is 18.5 Å². The second-order valence-electron chi connectivity index (χ2n) is 5.60. The van der Waals surface area contributed by atoms with Crippen LogP contribution in [0.1, 0.15) is 38.3 Å². The number of hydrogen-bond acceptors (Lipinski definition) is 3. The Morgan fingerprint density at radius 1 is 1.47 bits per heavy atom. The molecule has 0 bridgehead atoms. The van der Waals surface area contributed by atoms with E-state index in [1.165, 1.54) is 6.20 Å². The van der Waals surface area contributed by atoms with Crippen LogP contribution in [0.15, 0.2) is 12.3 Å². The molecule has 0 amide bonds. The molecule has 0 unspecified atom stereocenters. The first kappa shape index (κ1) is 10.5. The van der Waals surface area contributed by atoms with Crippen LogP contribution in [0.3, 0.4) is 0 Å². The molecule has 1 aliphatic carbocycles. The fourth-order valence-corrected chi connectivity index (χ4v) is 2.76. The van der Waals surface area contributed by atoms with Gasteiger partial charge in [-0.25, -0.2) is 13.9 Å². The second-order valence-corrected chi connectivity index (χ2v) is 5.60. The highest BCUT2D eigenvalue weighted by Crippen LogP contribution is 2.50. The largest absolute Gasteiger partial charge is 0.367 e. The van der Waals surface area contributed by atoms with Gasteiger partial charge < -0.3 is 5.73 Å². The van der Waals surface area contributed by atoms with Gasteiger partial charge in [-0.05, 0) is 24.3 Å². The lowest BCUT2D eigenvalue weighted by Gasteiger charge is -2.42. The van der Waals surface area contributed by atoms with Gasteiger partial charge in [0.15, 0.2) is 5.82 Å². The first-order valence-corrected chi connectivity index (χ1v) is 5.76. The molecule has 0 aliphatic heterocycles. The monoisotopic (exact) mass is 234 g/mol. The minimum absolute atomic E-state index is 0.174. The molecule has 2 aromatic rings. The van der Waals surface area contributed by atoms with Gasteiger partial charge in [0.1, 0.15) is 5.52 Å². The first-order chi connectivity index (χ1) is 7.96. The lowest BCUT2D eigenvalue weighted by atomic mass is 9.63. The first-order valence-electron chi connectivity index (χ1n) is 5.76. The third-order valence-electron chi connectivity index (χ3n) is 3.53. The van der Waals surface area contributed by atoms with Crippen LogP contribution >= 0.6 is 0 Å². The number of rotatable bonds is 1. The molecule has 2 heterocycles. The molecule has 2 aromatic heterocycles. The van der Waals surface area contributed by atoms with Crippen LogP contribution in [-0.4, -0.2) is 14.6 Å². The fraction of sp³-hybridized carbons (Fsp3) is 0.500. The SMILES string of the molecule is CC1(C)CC(c2cc(F)c3cnc(N)nn23)C1. The molecule has 5 heteroatoms. The van der Waals surface area contributed by atoms with Crippen LogP contribution in [0.5, 0.6) is 0 Å². The average Bonchev–Trinajstić information content (AvgIpc) is 2.52. The molecule has 0 saturated heterocycles. The summed E-state index contributed by atoms with van der Waals surface area (Å²) in [5.74, 6) is 0.272. The summed E-state index contributed by atoms with van der Waals surface area (Å²) >= 11 is 0. The van der Waals surface area contributed by atoms with E-state index >= 15 is 0 Å². The zero-order valence-electron chi connectivity index (χ0n) is 9.94. The maximum absolute atomic E-state index is 13.7. The van der Waals surface area contributed by atoms with E-state index in [9.17, 15) is 4.39 Å². The third-order valence-corrected chi connectivity index (χ3v) is 3.53. The lowest BCUT2D eigenvalue weighted by molar-refractivity contribution is 0.147. The molecular weight excluding hydrogens is 219 g/mol. The molecule has 0 spiro atoms. The van der Waals surface area contributed by atoms with Crippen molar-refractivity contribution in [3.63, 3.8) is 0 Å². The number of anilines is 1. The Morgan fingerprint density at radius 3 is 2.82 bits per heavy atom. The van der Waals surface area contributed by atoms with Gasteiger partial charge >= 0.3 is 0 Å². The normalized spacial score (nSPS) is 19.5. The van der Waals surface area contributed by atoms with Gasteiger partial charge in [0, 0.05) is 11.6 Å². The summed E-state index contributed by atoms with van der Waals surface area (Å²) in [7, 11) is 0. The summed E-state index contributed by atoms with van der Waals surface area (Å²) in [5.41, 5.74) is 7.21. The summed E-state index contributed by atoms with van der Waals surface area (Å²) in [6, 6.07) is 1.56. The highest BCUT2D eigenvalue weighted by molar-refractivity contribution is 5.50. The molecule has 0 radical (unpaired) electrons. The van der Waals surface area contributed by atoms with E-state index in [1.807, 2.05) is 0 Å². The third kappa shape index (κ3) is 1.57. The van der Waals surface area contributed by atoms with Crippen LogP contribution in [0.25, 0.3) is 5.52 Å². The molecule has 17 heavy (non-hydrogen) atoms. The van der Waals surface area contributed by atoms with Gasteiger partial charge in [-0.3, -0.25) is 0 Å². The van der Waals surface area contributed by atoms with Crippen molar-refractivity contribution in [3.8, 4) is 0 Å². The lowest BCUT2D eigenvalue weighted by Crippen LogP contribution is -2.30. The smallest absolute Gasteiger partial charge is 0.238 e. The van der Waals surface area contributed by atoms with Gasteiger partial charge in [0.2, 0.25) is 5.95 Å². The Labute approximate surface area is 98.6 Å². The summed E-state index contributed by atoms with van der Waals surface area (Å²) in [6.45, 7) is 4.44. The Morgan fingerprint density at radius 2 is 2.18 bits per heavy atom. The number of hydrogen-bond donors (Lipinski definition) is 1. The summed E-state index contributed by atoms with van der Waals surface area (Å²) in [6.07, 6.45) is 3.55. The molecular formula is C12H15FN4. The predicted molar refractivity (Wildman–Crippen MR) is 63.1 cm³/mol. The van der Waals surface area contributed by atoms with Crippen LogP contribution < -0.4 is 5.73 Å². The van der Waals surface area contributed by atoms with E-state index in [0.29, 0.717) is 16.8 Å². The topological polar surface area (TPSA) is 56.2 Å². The van der Waals surface area contributed by atoms with E-state index in [1.54, 1.807) is 10.6 Å². The highest BCUT2D eigenvalue weighted by Gasteiger charge is 2.38. The quantitative estimate of drug-likeness (QED) is 0.824. The highest BCUT2D eigenvalue weighted by atomic mass is 19.1. The molecule has 1 aliphatic rings. The molecule has 4 nitrogen and oxygen atoms in total. The van der Waals surface area contributed by atoms with Gasteiger partial charge in [-0.15, -0.1) is 5.10 Å². The predicted octanol–water partition coefficient (Wildman–Crippen LogP) is 2.35. The molecule has 90 valence electrons. The van der Waals surface area contributed by atoms with Crippen LogP contribution in [0.4, 0.5) is 10.3 Å². The number of nitrogens with zero attached hydrogens (tertiary/aromatic N) is 3. The average molecular weight is 234 g/mol. The molecule has 1 saturated carbocycles. The van der Waals surface area contributed by atoms with E-state index in [-0.39, 0.29) is 11.8 Å². The van der Waals surface area contributed by atoms with Gasteiger partial charge in [-0.1, -0.05) is 13.8 Å². The molecule has 3 rings (SSSR count). The maximum Gasteiger partial charge on any atom is 0.238 e. The number of nitrogen functional groups attached to an aromatic ring is 1. The Kier molecular flexibility index (Phi) is 1.97. The maximum atomic E-state index is 13.7. The van der Waals surface area contributed by atoms with Gasteiger partial charge in [0.25, 0.3) is 0 Å². The van der Waals surface area contributed by atoms with Crippen molar-refractivity contribution in [1.29, 1.82) is 0 Å². The molecule has 1 fully saturated rings. The molecule has 0 atom stereocenters. The van der Waals surface area contributed by atoms with Crippen molar-refractivity contribution in [2.24, 2.45) is 5.41 Å². The summed E-state index contributed by atoms with van der Waals surface area (Å²) < 4.78 is 15.3. The van der Waals surface area contributed by atoms with E-state index < -0.39 is 0 Å². The zero-order chi connectivity index (χ0) is 12.2. The van der Waals surface area contributed by atoms with Crippen molar-refractivity contribution in [2.45, 2.75) is 32.6 Å². The number of halogens is 1. The van der Waals surface area contributed by atoms with E-state index in [4.69, 9.17) is 5.73 Å². The van der Waals surface area contributed by atoms with Crippen molar-refractivity contribution in [3.05, 3.63) is 23.8 Å². The van der Waals surface area contributed by atoms with Crippen molar-refractivity contribution < 1.29 is 4.39 Å². The standard InChI is InChI=1S/C12H15FN4/c1-12(2)4-7(5-12)9-3-8(13)10-6-15-11(14)16-17(9)10/h3,6-7H,4-5H2,1-2H3,(H2,14,16). The van der Waals surface area contributed by atoms with Gasteiger partial charge in [-0.2, -0.15) is 0 Å². The van der Waals surface area contributed by atoms with Crippen molar-refractivity contribution >= 4 is 11.5 Å². The second kappa shape index (κ2) is 3.18. The van der Waals surface area contributed by atoms with Crippen molar-refractivity contribution in [2.75, 3.05) is 5.73 Å². The van der Waals surface area contributed by atoms with Gasteiger partial charge in [0.05, 0.1) is 6.20 Å². The minimum atomic E-state index is -0.273. The summed E-state index contributed by atoms with van der Waals surface area (Å²) in [5, 5.41) is 4.09.